The van der Waals surface area contributed by atoms with Crippen LogP contribution in [0.1, 0.15) is 19.7 Å². The molecule has 2 aromatic rings. The topological polar surface area (TPSA) is 51.4 Å². The minimum absolute atomic E-state index is 0.229. The van der Waals surface area contributed by atoms with E-state index < -0.39 is 0 Å². The lowest BCUT2D eigenvalue weighted by Gasteiger charge is -2.34. The van der Waals surface area contributed by atoms with E-state index in [9.17, 15) is 0 Å². The molecule has 3 rings (SSSR count). The van der Waals surface area contributed by atoms with Crippen LogP contribution in [0.25, 0.3) is 11.4 Å². The maximum absolute atomic E-state index is 5.88. The summed E-state index contributed by atoms with van der Waals surface area (Å²) in [6, 6.07) is 7.40. The molecule has 1 aromatic heterocycles. The highest BCUT2D eigenvalue weighted by Gasteiger charge is 2.23. The van der Waals surface area contributed by atoms with Gasteiger partial charge in [-0.2, -0.15) is 4.98 Å². The molecule has 0 amide bonds. The van der Waals surface area contributed by atoms with Gasteiger partial charge >= 0.3 is 0 Å². The molecule has 0 aliphatic carbocycles. The van der Waals surface area contributed by atoms with Crippen molar-refractivity contribution < 1.29 is 9.26 Å². The van der Waals surface area contributed by atoms with Gasteiger partial charge in [-0.1, -0.05) is 16.8 Å². The smallest absolute Gasteiger partial charge is 0.241 e. The number of nitrogens with zero attached hydrogens (tertiary/aromatic N) is 3. The molecule has 21 heavy (non-hydrogen) atoms. The van der Waals surface area contributed by atoms with Gasteiger partial charge in [0.1, 0.15) is 0 Å². The van der Waals surface area contributed by atoms with Crippen LogP contribution in [0.4, 0.5) is 0 Å². The quantitative estimate of drug-likeness (QED) is 0.872. The van der Waals surface area contributed by atoms with E-state index in [2.05, 4.69) is 28.9 Å². The van der Waals surface area contributed by atoms with Crippen molar-refractivity contribution in [3.63, 3.8) is 0 Å². The molecular formula is C15H18ClN3O2. The minimum atomic E-state index is 0.229. The second-order valence-corrected chi connectivity index (χ2v) is 5.91. The van der Waals surface area contributed by atoms with Crippen LogP contribution < -0.4 is 0 Å². The number of ether oxygens (including phenoxy) is 1. The molecule has 0 bridgehead atoms. The minimum Gasteiger partial charge on any atom is -0.373 e. The Hall–Kier alpha value is -1.43. The lowest BCUT2D eigenvalue weighted by Crippen LogP contribution is -2.44. The van der Waals surface area contributed by atoms with Gasteiger partial charge in [0, 0.05) is 23.7 Å². The molecule has 2 atom stereocenters. The fourth-order valence-corrected chi connectivity index (χ4v) is 2.77. The van der Waals surface area contributed by atoms with Crippen LogP contribution in [0.3, 0.4) is 0 Å². The zero-order valence-corrected chi connectivity index (χ0v) is 12.9. The first-order valence-electron chi connectivity index (χ1n) is 7.06. The van der Waals surface area contributed by atoms with Crippen LogP contribution in [0.5, 0.6) is 0 Å². The highest BCUT2D eigenvalue weighted by Crippen LogP contribution is 2.20. The second kappa shape index (κ2) is 6.13. The summed E-state index contributed by atoms with van der Waals surface area (Å²) in [5.41, 5.74) is 0.901. The molecule has 5 nitrogen and oxygen atoms in total. The van der Waals surface area contributed by atoms with E-state index in [1.54, 1.807) is 0 Å². The third kappa shape index (κ3) is 3.61. The summed E-state index contributed by atoms with van der Waals surface area (Å²) in [7, 11) is 0. The Morgan fingerprint density at radius 3 is 2.52 bits per heavy atom. The Balaban J connectivity index is 1.69. The van der Waals surface area contributed by atoms with Crippen LogP contribution >= 0.6 is 11.6 Å². The summed E-state index contributed by atoms with van der Waals surface area (Å²) in [5, 5.41) is 4.73. The number of halogens is 1. The van der Waals surface area contributed by atoms with Crippen LogP contribution in [-0.4, -0.2) is 40.3 Å². The maximum atomic E-state index is 5.88. The third-order valence-corrected chi connectivity index (χ3v) is 3.68. The predicted octanol–water partition coefficient (Wildman–Crippen LogP) is 3.00. The Morgan fingerprint density at radius 2 is 1.86 bits per heavy atom. The van der Waals surface area contributed by atoms with Crippen LogP contribution in [0, 0.1) is 0 Å². The summed E-state index contributed by atoms with van der Waals surface area (Å²) in [4.78, 5) is 6.73. The molecule has 0 unspecified atom stereocenters. The van der Waals surface area contributed by atoms with Crippen LogP contribution in [0.15, 0.2) is 28.8 Å². The molecule has 2 heterocycles. The van der Waals surface area contributed by atoms with Gasteiger partial charge in [-0.15, -0.1) is 0 Å². The molecule has 1 aliphatic heterocycles. The number of benzene rings is 1. The van der Waals surface area contributed by atoms with Gasteiger partial charge in [-0.05, 0) is 38.1 Å². The lowest BCUT2D eigenvalue weighted by atomic mass is 10.2. The SMILES string of the molecule is C[C@@H]1CN(Cc2nc(-c3ccc(Cl)cc3)no2)C[C@@H](C)O1. The van der Waals surface area contributed by atoms with Gasteiger partial charge in [0.25, 0.3) is 0 Å². The first kappa shape index (κ1) is 14.5. The van der Waals surface area contributed by atoms with E-state index >= 15 is 0 Å². The van der Waals surface area contributed by atoms with Gasteiger partial charge in [0.05, 0.1) is 18.8 Å². The number of hydrogen-bond acceptors (Lipinski definition) is 5. The molecule has 0 spiro atoms. The Morgan fingerprint density at radius 1 is 1.19 bits per heavy atom. The third-order valence-electron chi connectivity index (χ3n) is 3.42. The first-order chi connectivity index (χ1) is 10.1. The lowest BCUT2D eigenvalue weighted by molar-refractivity contribution is -0.0725. The number of aromatic nitrogens is 2. The van der Waals surface area contributed by atoms with E-state index in [1.165, 1.54) is 0 Å². The van der Waals surface area contributed by atoms with E-state index in [-0.39, 0.29) is 12.2 Å². The molecule has 1 aliphatic rings. The molecule has 0 radical (unpaired) electrons. The molecule has 1 fully saturated rings. The van der Waals surface area contributed by atoms with Crippen LogP contribution in [0.2, 0.25) is 5.02 Å². The van der Waals surface area contributed by atoms with Gasteiger partial charge in [0.2, 0.25) is 11.7 Å². The van der Waals surface area contributed by atoms with Crippen molar-refractivity contribution in [2.75, 3.05) is 13.1 Å². The molecule has 1 saturated heterocycles. The normalized spacial score (nSPS) is 23.4. The van der Waals surface area contributed by atoms with E-state index in [0.29, 0.717) is 23.3 Å². The van der Waals surface area contributed by atoms with E-state index in [4.69, 9.17) is 20.9 Å². The van der Waals surface area contributed by atoms with Crippen molar-refractivity contribution in [2.24, 2.45) is 0 Å². The zero-order valence-electron chi connectivity index (χ0n) is 12.1. The standard InChI is InChI=1S/C15H18ClN3O2/c1-10-7-19(8-11(2)20-10)9-14-17-15(18-21-14)12-3-5-13(16)6-4-12/h3-6,10-11H,7-9H2,1-2H3/t10-,11-/m1/s1. The number of rotatable bonds is 3. The summed E-state index contributed by atoms with van der Waals surface area (Å²) in [6.45, 7) is 6.57. The summed E-state index contributed by atoms with van der Waals surface area (Å²) in [6.07, 6.45) is 0.458. The second-order valence-electron chi connectivity index (χ2n) is 5.47. The van der Waals surface area contributed by atoms with Crippen molar-refractivity contribution in [3.05, 3.63) is 35.2 Å². The zero-order chi connectivity index (χ0) is 14.8. The first-order valence-corrected chi connectivity index (χ1v) is 7.44. The van der Waals surface area contributed by atoms with Crippen molar-refractivity contribution in [1.82, 2.24) is 15.0 Å². The summed E-state index contributed by atoms with van der Waals surface area (Å²) < 4.78 is 11.1. The fourth-order valence-electron chi connectivity index (χ4n) is 2.64. The molecule has 112 valence electrons. The van der Waals surface area contributed by atoms with Crippen LogP contribution in [-0.2, 0) is 11.3 Å². The molecular weight excluding hydrogens is 290 g/mol. The largest absolute Gasteiger partial charge is 0.373 e. The molecule has 6 heteroatoms. The van der Waals surface area contributed by atoms with Gasteiger partial charge in [0.15, 0.2) is 0 Å². The monoisotopic (exact) mass is 307 g/mol. The van der Waals surface area contributed by atoms with Crippen molar-refractivity contribution in [3.8, 4) is 11.4 Å². The van der Waals surface area contributed by atoms with Crippen molar-refractivity contribution >= 4 is 11.6 Å². The van der Waals surface area contributed by atoms with Gasteiger partial charge in [-0.3, -0.25) is 4.90 Å². The van der Waals surface area contributed by atoms with Gasteiger partial charge in [-0.25, -0.2) is 0 Å². The number of hydrogen-bond donors (Lipinski definition) is 0. The average Bonchev–Trinajstić information content (AvgIpc) is 2.87. The summed E-state index contributed by atoms with van der Waals surface area (Å²) >= 11 is 5.88. The predicted molar refractivity (Wildman–Crippen MR) is 80.0 cm³/mol. The summed E-state index contributed by atoms with van der Waals surface area (Å²) in [5.74, 6) is 1.22. The Bertz CT molecular complexity index is 589. The molecule has 0 N–H and O–H groups in total. The van der Waals surface area contributed by atoms with E-state index in [0.717, 1.165) is 18.7 Å². The average molecular weight is 308 g/mol. The Kier molecular flexibility index (Phi) is 4.24. The fraction of sp³-hybridized carbons (Fsp3) is 0.467. The van der Waals surface area contributed by atoms with Crippen molar-refractivity contribution in [2.45, 2.75) is 32.6 Å². The highest BCUT2D eigenvalue weighted by molar-refractivity contribution is 6.30. The molecule has 1 aromatic carbocycles. The van der Waals surface area contributed by atoms with Gasteiger partial charge < -0.3 is 9.26 Å². The Labute approximate surface area is 128 Å². The highest BCUT2D eigenvalue weighted by atomic mass is 35.5. The maximum Gasteiger partial charge on any atom is 0.241 e. The van der Waals surface area contributed by atoms with E-state index in [1.807, 2.05) is 24.3 Å². The number of morpholine rings is 1. The van der Waals surface area contributed by atoms with Crippen molar-refractivity contribution in [1.29, 1.82) is 0 Å². The molecule has 0 saturated carbocycles.